The Hall–Kier alpha value is -2.22. The summed E-state index contributed by atoms with van der Waals surface area (Å²) in [7, 11) is 0. The summed E-state index contributed by atoms with van der Waals surface area (Å²) in [5.41, 5.74) is 3.53. The van der Waals surface area contributed by atoms with E-state index in [1.54, 1.807) is 0 Å². The number of H-pyrrole nitrogens is 2. The van der Waals surface area contributed by atoms with Gasteiger partial charge in [-0.25, -0.2) is 4.79 Å². The van der Waals surface area contributed by atoms with Crippen molar-refractivity contribution in [2.24, 2.45) is 5.73 Å². The number of hydrogen-bond acceptors (Lipinski definition) is 6. The normalized spacial score (nSPS) is 9.81. The van der Waals surface area contributed by atoms with E-state index in [4.69, 9.17) is 5.73 Å². The van der Waals surface area contributed by atoms with Gasteiger partial charge in [-0.3, -0.25) is 19.4 Å². The average Bonchev–Trinajstić information content (AvgIpc) is 2.22. The number of ether oxygens (including phenoxy) is 1. The molecule has 1 aromatic heterocycles. The van der Waals surface area contributed by atoms with E-state index >= 15 is 0 Å². The first-order valence-corrected chi connectivity index (χ1v) is 4.27. The minimum absolute atomic E-state index is 0.00517. The Bertz CT molecular complexity index is 515. The van der Waals surface area contributed by atoms with Crippen molar-refractivity contribution in [3.63, 3.8) is 0 Å². The largest absolute Gasteiger partial charge is 0.392 e. The molecule has 0 spiro atoms. The maximum absolute atomic E-state index is 11.1. The summed E-state index contributed by atoms with van der Waals surface area (Å²) in [6.45, 7) is -0.423. The van der Waals surface area contributed by atoms with Crippen LogP contribution in [0.1, 0.15) is 5.56 Å². The Morgan fingerprint density at radius 1 is 1.31 bits per heavy atom. The second-order valence-corrected chi connectivity index (χ2v) is 2.82. The molecule has 0 radical (unpaired) electrons. The molecule has 86 valence electrons. The van der Waals surface area contributed by atoms with E-state index in [0.717, 1.165) is 6.20 Å². The predicted octanol–water partition coefficient (Wildman–Crippen LogP) is -2.37. The van der Waals surface area contributed by atoms with Gasteiger partial charge in [-0.15, -0.1) is 0 Å². The van der Waals surface area contributed by atoms with Crippen molar-refractivity contribution in [3.05, 3.63) is 32.6 Å². The number of nitrogens with one attached hydrogen (secondary N) is 2. The van der Waals surface area contributed by atoms with Crippen molar-refractivity contribution in [1.82, 2.24) is 9.97 Å². The number of carbonyl (C=O) groups excluding carboxylic acids is 2. The van der Waals surface area contributed by atoms with Crippen LogP contribution in [0.3, 0.4) is 0 Å². The van der Waals surface area contributed by atoms with E-state index in [0.29, 0.717) is 0 Å². The highest BCUT2D eigenvalue weighted by molar-refractivity contribution is 5.87. The molecule has 16 heavy (non-hydrogen) atoms. The summed E-state index contributed by atoms with van der Waals surface area (Å²) in [5, 5.41) is 0. The molecule has 0 aliphatic rings. The third kappa shape index (κ3) is 3.17. The molecule has 1 rings (SSSR count). The summed E-state index contributed by atoms with van der Waals surface area (Å²) in [6, 6.07) is 0. The monoisotopic (exact) mass is 227 g/mol. The first-order valence-electron chi connectivity index (χ1n) is 4.27. The second kappa shape index (κ2) is 5.03. The van der Waals surface area contributed by atoms with Crippen molar-refractivity contribution in [1.29, 1.82) is 0 Å². The molecular formula is C8H9N3O5. The van der Waals surface area contributed by atoms with E-state index in [9.17, 15) is 19.2 Å². The summed E-state index contributed by atoms with van der Waals surface area (Å²) in [4.78, 5) is 47.6. The highest BCUT2D eigenvalue weighted by atomic mass is 16.6. The smallest absolute Gasteiger partial charge is 0.327 e. The Kier molecular flexibility index (Phi) is 3.72. The highest BCUT2D eigenvalue weighted by Crippen LogP contribution is 1.91. The lowest BCUT2D eigenvalue weighted by molar-refractivity contribution is -0.158. The zero-order valence-corrected chi connectivity index (χ0v) is 8.11. The van der Waals surface area contributed by atoms with E-state index in [1.165, 1.54) is 0 Å². The van der Waals surface area contributed by atoms with Crippen LogP contribution in [0.4, 0.5) is 0 Å². The van der Waals surface area contributed by atoms with Crippen LogP contribution in [0.5, 0.6) is 0 Å². The number of aromatic nitrogens is 2. The lowest BCUT2D eigenvalue weighted by atomic mass is 10.2. The molecule has 1 heterocycles. The van der Waals surface area contributed by atoms with Crippen LogP contribution in [0.2, 0.25) is 0 Å². The zero-order valence-electron chi connectivity index (χ0n) is 8.11. The maximum Gasteiger partial charge on any atom is 0.327 e. The van der Waals surface area contributed by atoms with E-state index < -0.39 is 36.2 Å². The molecule has 0 unspecified atom stereocenters. The molecule has 0 bridgehead atoms. The Labute approximate surface area is 88.4 Å². The third-order valence-electron chi connectivity index (χ3n) is 1.63. The van der Waals surface area contributed by atoms with Gasteiger partial charge in [0.2, 0.25) is 0 Å². The van der Waals surface area contributed by atoms with Gasteiger partial charge in [-0.2, -0.15) is 0 Å². The topological polar surface area (TPSA) is 135 Å². The fourth-order valence-electron chi connectivity index (χ4n) is 0.929. The van der Waals surface area contributed by atoms with Crippen LogP contribution in [-0.4, -0.2) is 28.5 Å². The zero-order chi connectivity index (χ0) is 12.1. The van der Waals surface area contributed by atoms with Gasteiger partial charge in [0, 0.05) is 11.8 Å². The Balaban J connectivity index is 2.74. The van der Waals surface area contributed by atoms with Gasteiger partial charge < -0.3 is 15.5 Å². The Morgan fingerprint density at radius 3 is 2.56 bits per heavy atom. The minimum atomic E-state index is -0.909. The summed E-state index contributed by atoms with van der Waals surface area (Å²) >= 11 is 0. The van der Waals surface area contributed by atoms with Gasteiger partial charge in [-0.05, 0) is 0 Å². The lowest BCUT2D eigenvalue weighted by Gasteiger charge is -2.00. The predicted molar refractivity (Wildman–Crippen MR) is 51.5 cm³/mol. The van der Waals surface area contributed by atoms with Crippen molar-refractivity contribution in [2.75, 3.05) is 6.54 Å². The quantitative estimate of drug-likeness (QED) is 0.390. The van der Waals surface area contributed by atoms with Gasteiger partial charge in [0.1, 0.15) is 0 Å². The average molecular weight is 227 g/mol. The van der Waals surface area contributed by atoms with Gasteiger partial charge in [-0.1, -0.05) is 0 Å². The first-order chi connectivity index (χ1) is 7.52. The molecule has 0 aromatic carbocycles. The summed E-state index contributed by atoms with van der Waals surface area (Å²) < 4.78 is 4.24. The van der Waals surface area contributed by atoms with Crippen molar-refractivity contribution in [3.8, 4) is 0 Å². The van der Waals surface area contributed by atoms with Crippen molar-refractivity contribution < 1.29 is 14.3 Å². The van der Waals surface area contributed by atoms with Gasteiger partial charge in [0.15, 0.2) is 0 Å². The van der Waals surface area contributed by atoms with Crippen LogP contribution in [0, 0.1) is 0 Å². The van der Waals surface area contributed by atoms with Crippen LogP contribution in [0.15, 0.2) is 15.8 Å². The lowest BCUT2D eigenvalue weighted by Crippen LogP contribution is -2.28. The highest BCUT2D eigenvalue weighted by Gasteiger charge is 2.12. The summed E-state index contributed by atoms with van der Waals surface area (Å²) in [5.74, 6) is -1.79. The SMILES string of the molecule is NCC(=O)OC(=O)Cc1c[nH]c(=O)[nH]c1=O. The first kappa shape index (κ1) is 11.9. The van der Waals surface area contributed by atoms with Crippen molar-refractivity contribution >= 4 is 11.9 Å². The molecule has 0 aliphatic heterocycles. The molecule has 8 heteroatoms. The second-order valence-electron chi connectivity index (χ2n) is 2.82. The molecule has 1 aromatic rings. The van der Waals surface area contributed by atoms with Crippen LogP contribution >= 0.6 is 0 Å². The standard InChI is InChI=1S/C8H9N3O5/c9-2-6(13)16-5(12)1-4-3-10-8(15)11-7(4)14/h3H,1-2,9H2,(H2,10,11,14,15). The van der Waals surface area contributed by atoms with Crippen LogP contribution in [-0.2, 0) is 20.7 Å². The number of nitrogens with two attached hydrogens (primary N) is 1. The van der Waals surface area contributed by atoms with Gasteiger partial charge in [0.05, 0.1) is 13.0 Å². The molecule has 0 atom stereocenters. The number of rotatable bonds is 3. The van der Waals surface area contributed by atoms with Crippen molar-refractivity contribution in [2.45, 2.75) is 6.42 Å². The van der Waals surface area contributed by atoms with E-state index in [2.05, 4.69) is 9.72 Å². The van der Waals surface area contributed by atoms with Crippen LogP contribution in [0.25, 0.3) is 0 Å². The van der Waals surface area contributed by atoms with Gasteiger partial charge >= 0.3 is 17.6 Å². The molecule has 0 fully saturated rings. The molecule has 0 aliphatic carbocycles. The fourth-order valence-corrected chi connectivity index (χ4v) is 0.929. The van der Waals surface area contributed by atoms with Gasteiger partial charge in [0.25, 0.3) is 5.56 Å². The number of esters is 2. The molecular weight excluding hydrogens is 218 g/mol. The minimum Gasteiger partial charge on any atom is -0.392 e. The Morgan fingerprint density at radius 2 is 2.00 bits per heavy atom. The molecule has 0 amide bonds. The van der Waals surface area contributed by atoms with Crippen LogP contribution < -0.4 is 17.0 Å². The number of hydrogen-bond donors (Lipinski definition) is 3. The summed E-state index contributed by atoms with van der Waals surface area (Å²) in [6.07, 6.45) is 0.660. The molecule has 8 nitrogen and oxygen atoms in total. The fraction of sp³-hybridized carbons (Fsp3) is 0.250. The van der Waals surface area contributed by atoms with E-state index in [-0.39, 0.29) is 5.56 Å². The number of carbonyl (C=O) groups is 2. The molecule has 0 saturated heterocycles. The third-order valence-corrected chi connectivity index (χ3v) is 1.63. The molecule has 4 N–H and O–H groups in total. The number of aromatic amines is 2. The maximum atomic E-state index is 11.1. The molecule has 0 saturated carbocycles. The van der Waals surface area contributed by atoms with E-state index in [1.807, 2.05) is 4.98 Å².